The number of ether oxygens (including phenoxy) is 2. The van der Waals surface area contributed by atoms with Crippen molar-refractivity contribution in [2.24, 2.45) is 5.41 Å². The first kappa shape index (κ1) is 13.4. The number of rotatable bonds is 3. The van der Waals surface area contributed by atoms with E-state index in [-0.39, 0.29) is 5.41 Å². The lowest BCUT2D eigenvalue weighted by Crippen LogP contribution is -2.26. The zero-order valence-corrected chi connectivity index (χ0v) is 12.2. The van der Waals surface area contributed by atoms with Crippen LogP contribution >= 0.6 is 15.9 Å². The van der Waals surface area contributed by atoms with Crippen molar-refractivity contribution >= 4 is 22.2 Å². The molecule has 0 saturated heterocycles. The van der Waals surface area contributed by atoms with Crippen molar-refractivity contribution in [3.05, 3.63) is 22.2 Å². The highest BCUT2D eigenvalue weighted by molar-refractivity contribution is 9.10. The lowest BCUT2D eigenvalue weighted by molar-refractivity contribution is -0.107. The van der Waals surface area contributed by atoms with E-state index in [0.717, 1.165) is 34.2 Å². The van der Waals surface area contributed by atoms with Gasteiger partial charge in [-0.2, -0.15) is 0 Å². The molecule has 0 fully saturated rings. The van der Waals surface area contributed by atoms with Crippen LogP contribution in [0.2, 0.25) is 0 Å². The van der Waals surface area contributed by atoms with Crippen LogP contribution < -0.4 is 9.47 Å². The highest BCUT2D eigenvalue weighted by Crippen LogP contribution is 2.40. The molecule has 0 spiro atoms. The molecule has 1 aromatic rings. The molecule has 0 N–H and O–H groups in total. The van der Waals surface area contributed by atoms with E-state index in [2.05, 4.69) is 29.8 Å². The zero-order chi connectivity index (χ0) is 13.2. The van der Waals surface area contributed by atoms with Gasteiger partial charge in [-0.15, -0.1) is 0 Å². The van der Waals surface area contributed by atoms with Crippen LogP contribution in [0, 0.1) is 5.41 Å². The van der Waals surface area contributed by atoms with Crippen LogP contribution in [-0.4, -0.2) is 19.5 Å². The van der Waals surface area contributed by atoms with Crippen molar-refractivity contribution in [3.63, 3.8) is 0 Å². The summed E-state index contributed by atoms with van der Waals surface area (Å²) < 4.78 is 12.5. The molecule has 0 amide bonds. The van der Waals surface area contributed by atoms with Gasteiger partial charge in [0.2, 0.25) is 0 Å². The molecule has 4 heteroatoms. The van der Waals surface area contributed by atoms with Gasteiger partial charge >= 0.3 is 0 Å². The zero-order valence-electron chi connectivity index (χ0n) is 10.7. The smallest absolute Gasteiger partial charge is 0.175 e. The molecule has 0 atom stereocenters. The Bertz CT molecular complexity index is 455. The Morgan fingerprint density at radius 3 is 2.78 bits per heavy atom. The van der Waals surface area contributed by atoms with Gasteiger partial charge in [0.15, 0.2) is 11.5 Å². The minimum absolute atomic E-state index is 0.00141. The van der Waals surface area contributed by atoms with E-state index < -0.39 is 0 Å². The standard InChI is InChI=1S/C14H17BrO3/c1-14(2)8-17-12-7-10(4-3-5-16)6-11(15)13(12)18-9-14/h5-7H,3-4,8-9H2,1-2H3. The average molecular weight is 313 g/mol. The lowest BCUT2D eigenvalue weighted by atomic mass is 9.97. The minimum Gasteiger partial charge on any atom is -0.489 e. The van der Waals surface area contributed by atoms with E-state index >= 15 is 0 Å². The minimum atomic E-state index is 0.00141. The van der Waals surface area contributed by atoms with Crippen molar-refractivity contribution in [3.8, 4) is 11.5 Å². The Morgan fingerprint density at radius 1 is 1.33 bits per heavy atom. The lowest BCUT2D eigenvalue weighted by Gasteiger charge is -2.19. The molecule has 3 nitrogen and oxygen atoms in total. The van der Waals surface area contributed by atoms with E-state index in [1.807, 2.05) is 12.1 Å². The normalized spacial score (nSPS) is 17.1. The van der Waals surface area contributed by atoms with Gasteiger partial charge in [0.05, 0.1) is 17.7 Å². The molecule has 0 aromatic heterocycles. The molecule has 1 aliphatic rings. The van der Waals surface area contributed by atoms with Gasteiger partial charge in [0.25, 0.3) is 0 Å². The van der Waals surface area contributed by atoms with Crippen LogP contribution in [-0.2, 0) is 11.2 Å². The molecule has 0 unspecified atom stereocenters. The second-order valence-corrected chi connectivity index (χ2v) is 6.21. The summed E-state index contributed by atoms with van der Waals surface area (Å²) in [5, 5.41) is 0. The highest BCUT2D eigenvalue weighted by atomic mass is 79.9. The third kappa shape index (κ3) is 3.05. The van der Waals surface area contributed by atoms with Crippen molar-refractivity contribution in [2.45, 2.75) is 26.7 Å². The molecular formula is C14H17BrO3. The highest BCUT2D eigenvalue weighted by Gasteiger charge is 2.26. The number of carbonyl (C=O) groups excluding carboxylic acids is 1. The van der Waals surface area contributed by atoms with E-state index in [1.54, 1.807) is 0 Å². The molecule has 98 valence electrons. The van der Waals surface area contributed by atoms with Crippen LogP contribution in [0.4, 0.5) is 0 Å². The molecule has 0 saturated carbocycles. The number of carbonyl (C=O) groups is 1. The summed E-state index contributed by atoms with van der Waals surface area (Å²) in [4.78, 5) is 10.4. The second kappa shape index (κ2) is 5.31. The Morgan fingerprint density at radius 2 is 2.06 bits per heavy atom. The molecule has 1 heterocycles. The summed E-state index contributed by atoms with van der Waals surface area (Å²) in [6, 6.07) is 3.95. The first-order valence-corrected chi connectivity index (χ1v) is 6.83. The summed E-state index contributed by atoms with van der Waals surface area (Å²) in [7, 11) is 0. The quantitative estimate of drug-likeness (QED) is 0.803. The summed E-state index contributed by atoms with van der Waals surface area (Å²) in [5.74, 6) is 1.52. The predicted octanol–water partition coefficient (Wildman–Crippen LogP) is 3.38. The molecule has 0 aliphatic carbocycles. The molecule has 2 rings (SSSR count). The first-order chi connectivity index (χ1) is 8.52. The second-order valence-electron chi connectivity index (χ2n) is 5.35. The Balaban J connectivity index is 2.28. The van der Waals surface area contributed by atoms with E-state index in [1.165, 1.54) is 0 Å². The van der Waals surface area contributed by atoms with Gasteiger partial charge in [-0.1, -0.05) is 13.8 Å². The third-order valence-corrected chi connectivity index (χ3v) is 3.43. The average Bonchev–Trinajstić information content (AvgIpc) is 2.46. The van der Waals surface area contributed by atoms with Gasteiger partial charge in [-0.05, 0) is 40.0 Å². The molecule has 18 heavy (non-hydrogen) atoms. The predicted molar refractivity (Wildman–Crippen MR) is 73.3 cm³/mol. The maximum Gasteiger partial charge on any atom is 0.175 e. The summed E-state index contributed by atoms with van der Waals surface area (Å²) >= 11 is 3.50. The Hall–Kier alpha value is -1.03. The number of hydrogen-bond donors (Lipinski definition) is 0. The fraction of sp³-hybridized carbons (Fsp3) is 0.500. The molecule has 0 bridgehead atoms. The van der Waals surface area contributed by atoms with E-state index in [0.29, 0.717) is 19.6 Å². The van der Waals surface area contributed by atoms with E-state index in [9.17, 15) is 4.79 Å². The number of halogens is 1. The topological polar surface area (TPSA) is 35.5 Å². The van der Waals surface area contributed by atoms with Crippen LogP contribution in [0.5, 0.6) is 11.5 Å². The molecular weight excluding hydrogens is 296 g/mol. The fourth-order valence-corrected chi connectivity index (χ4v) is 2.43. The van der Waals surface area contributed by atoms with Crippen molar-refractivity contribution < 1.29 is 14.3 Å². The maximum absolute atomic E-state index is 10.4. The summed E-state index contributed by atoms with van der Waals surface area (Å²) in [6.45, 7) is 5.48. The van der Waals surface area contributed by atoms with Crippen molar-refractivity contribution in [2.75, 3.05) is 13.2 Å². The summed E-state index contributed by atoms with van der Waals surface area (Å²) in [5.41, 5.74) is 1.08. The number of hydrogen-bond acceptors (Lipinski definition) is 3. The monoisotopic (exact) mass is 312 g/mol. The third-order valence-electron chi connectivity index (χ3n) is 2.85. The van der Waals surface area contributed by atoms with Crippen molar-refractivity contribution in [1.29, 1.82) is 0 Å². The number of aryl methyl sites for hydroxylation is 1. The van der Waals surface area contributed by atoms with Gasteiger partial charge in [-0.25, -0.2) is 0 Å². The SMILES string of the molecule is CC1(C)COc2cc(CCC=O)cc(Br)c2OC1. The largest absolute Gasteiger partial charge is 0.489 e. The van der Waals surface area contributed by atoms with Gasteiger partial charge in [-0.3, -0.25) is 0 Å². The molecule has 1 aromatic carbocycles. The molecule has 0 radical (unpaired) electrons. The first-order valence-electron chi connectivity index (χ1n) is 6.03. The van der Waals surface area contributed by atoms with Crippen molar-refractivity contribution in [1.82, 2.24) is 0 Å². The Kier molecular flexibility index (Phi) is 3.95. The number of benzene rings is 1. The number of fused-ring (bicyclic) bond motifs is 1. The fourth-order valence-electron chi connectivity index (χ4n) is 1.82. The van der Waals surface area contributed by atoms with Crippen LogP contribution in [0.3, 0.4) is 0 Å². The van der Waals surface area contributed by atoms with E-state index in [4.69, 9.17) is 9.47 Å². The number of aldehydes is 1. The maximum atomic E-state index is 10.4. The van der Waals surface area contributed by atoms with Gasteiger partial charge < -0.3 is 14.3 Å². The molecule has 1 aliphatic heterocycles. The van der Waals surface area contributed by atoms with Gasteiger partial charge in [0, 0.05) is 11.8 Å². The van der Waals surface area contributed by atoms with Crippen LogP contribution in [0.25, 0.3) is 0 Å². The van der Waals surface area contributed by atoms with Crippen LogP contribution in [0.1, 0.15) is 25.8 Å². The van der Waals surface area contributed by atoms with Gasteiger partial charge in [0.1, 0.15) is 6.29 Å². The van der Waals surface area contributed by atoms with Crippen LogP contribution in [0.15, 0.2) is 16.6 Å². The Labute approximate surface area is 116 Å². The summed E-state index contributed by atoms with van der Waals surface area (Å²) in [6.07, 6.45) is 2.18.